The molecule has 4 N–H and O–H groups in total. The first kappa shape index (κ1) is 15.3. The Morgan fingerprint density at radius 3 is 2.71 bits per heavy atom. The van der Waals surface area contributed by atoms with Crippen molar-refractivity contribution in [3.63, 3.8) is 0 Å². The van der Waals surface area contributed by atoms with E-state index in [4.69, 9.17) is 10.9 Å². The molecule has 6 nitrogen and oxygen atoms in total. The van der Waals surface area contributed by atoms with E-state index in [1.165, 1.54) is 0 Å². The molecule has 1 aromatic rings. The van der Waals surface area contributed by atoms with Gasteiger partial charge in [-0.15, -0.1) is 0 Å². The molecule has 1 aliphatic heterocycles. The van der Waals surface area contributed by atoms with Gasteiger partial charge in [0.25, 0.3) is 0 Å². The third-order valence-corrected chi connectivity index (χ3v) is 3.84. The van der Waals surface area contributed by atoms with E-state index in [1.807, 2.05) is 4.90 Å². The van der Waals surface area contributed by atoms with Gasteiger partial charge in [0.2, 0.25) is 5.91 Å². The molecule has 1 aromatic carbocycles. The topological polar surface area (TPSA) is 99.2 Å². The van der Waals surface area contributed by atoms with E-state index in [9.17, 15) is 9.90 Å². The van der Waals surface area contributed by atoms with Crippen LogP contribution in [0.25, 0.3) is 0 Å². The van der Waals surface area contributed by atoms with Gasteiger partial charge in [-0.05, 0) is 24.3 Å². The lowest BCUT2D eigenvalue weighted by Crippen LogP contribution is -2.41. The van der Waals surface area contributed by atoms with Crippen LogP contribution < -0.4 is 5.73 Å². The van der Waals surface area contributed by atoms with Crippen LogP contribution in [0.4, 0.5) is 0 Å². The second kappa shape index (κ2) is 7.08. The van der Waals surface area contributed by atoms with Crippen molar-refractivity contribution in [1.82, 2.24) is 4.90 Å². The van der Waals surface area contributed by atoms with Crippen LogP contribution in [0.1, 0.15) is 24.0 Å². The average molecular weight is 291 g/mol. The quantitative estimate of drug-likeness (QED) is 0.326. The van der Waals surface area contributed by atoms with Gasteiger partial charge < -0.3 is 20.9 Å². The van der Waals surface area contributed by atoms with Crippen LogP contribution in [0.2, 0.25) is 0 Å². The lowest BCUT2D eigenvalue weighted by molar-refractivity contribution is -0.132. The maximum absolute atomic E-state index is 12.3. The van der Waals surface area contributed by atoms with Crippen molar-refractivity contribution in [2.24, 2.45) is 16.8 Å². The number of benzene rings is 1. The number of likely N-dealkylation sites (tertiary alicyclic amines) is 1. The third-order valence-electron chi connectivity index (χ3n) is 3.84. The molecule has 0 aliphatic carbocycles. The molecule has 21 heavy (non-hydrogen) atoms. The van der Waals surface area contributed by atoms with Crippen LogP contribution in [0, 0.1) is 5.92 Å². The SMILES string of the molecule is NC(=NO)c1ccc(CC(=O)N2CCCC(CO)C2)cc1. The van der Waals surface area contributed by atoms with Crippen molar-refractivity contribution in [3.05, 3.63) is 35.4 Å². The number of amides is 1. The van der Waals surface area contributed by atoms with Crippen molar-refractivity contribution in [2.75, 3.05) is 19.7 Å². The van der Waals surface area contributed by atoms with Gasteiger partial charge in [0.15, 0.2) is 5.84 Å². The Balaban J connectivity index is 1.96. The number of aliphatic hydroxyl groups excluding tert-OH is 1. The average Bonchev–Trinajstić information content (AvgIpc) is 2.54. The van der Waals surface area contributed by atoms with E-state index >= 15 is 0 Å². The van der Waals surface area contributed by atoms with E-state index in [0.29, 0.717) is 18.5 Å². The zero-order valence-corrected chi connectivity index (χ0v) is 11.9. The molecule has 1 heterocycles. The highest BCUT2D eigenvalue weighted by atomic mass is 16.4. The summed E-state index contributed by atoms with van der Waals surface area (Å²) in [7, 11) is 0. The second-order valence-electron chi connectivity index (χ2n) is 5.39. The molecular formula is C15H21N3O3. The Kier molecular flexibility index (Phi) is 5.16. The predicted octanol–water partition coefficient (Wildman–Crippen LogP) is 0.554. The van der Waals surface area contributed by atoms with Crippen molar-refractivity contribution in [2.45, 2.75) is 19.3 Å². The number of hydrogen-bond donors (Lipinski definition) is 3. The summed E-state index contributed by atoms with van der Waals surface area (Å²) in [6.45, 7) is 1.54. The summed E-state index contributed by atoms with van der Waals surface area (Å²) in [4.78, 5) is 14.1. The minimum atomic E-state index is 0.0506. The first-order chi connectivity index (χ1) is 10.1. The van der Waals surface area contributed by atoms with Crippen molar-refractivity contribution < 1.29 is 15.1 Å². The summed E-state index contributed by atoms with van der Waals surface area (Å²) >= 11 is 0. The number of rotatable bonds is 4. The Hall–Kier alpha value is -2.08. The summed E-state index contributed by atoms with van der Waals surface area (Å²) < 4.78 is 0. The Bertz CT molecular complexity index is 513. The Labute approximate surface area is 123 Å². The van der Waals surface area contributed by atoms with Crippen LogP contribution in [0.15, 0.2) is 29.4 Å². The third kappa shape index (κ3) is 3.95. The van der Waals surface area contributed by atoms with E-state index in [0.717, 1.165) is 24.9 Å². The number of carbonyl (C=O) groups excluding carboxylic acids is 1. The summed E-state index contributed by atoms with van der Waals surface area (Å²) in [5, 5.41) is 20.7. The number of carbonyl (C=O) groups is 1. The van der Waals surface area contributed by atoms with Gasteiger partial charge in [0.05, 0.1) is 6.42 Å². The van der Waals surface area contributed by atoms with Gasteiger partial charge in [-0.2, -0.15) is 0 Å². The van der Waals surface area contributed by atoms with Crippen molar-refractivity contribution >= 4 is 11.7 Å². The van der Waals surface area contributed by atoms with Gasteiger partial charge in [0.1, 0.15) is 0 Å². The zero-order valence-electron chi connectivity index (χ0n) is 11.9. The van der Waals surface area contributed by atoms with Crippen LogP contribution in [-0.4, -0.2) is 46.7 Å². The van der Waals surface area contributed by atoms with E-state index < -0.39 is 0 Å². The highest BCUT2D eigenvalue weighted by Gasteiger charge is 2.22. The largest absolute Gasteiger partial charge is 0.409 e. The Morgan fingerprint density at radius 2 is 2.10 bits per heavy atom. The van der Waals surface area contributed by atoms with Gasteiger partial charge in [0, 0.05) is 25.3 Å². The number of nitrogens with two attached hydrogens (primary N) is 1. The fraction of sp³-hybridized carbons (Fsp3) is 0.467. The molecule has 1 aliphatic rings. The number of oxime groups is 1. The normalized spacial score (nSPS) is 19.6. The summed E-state index contributed by atoms with van der Waals surface area (Å²) in [6.07, 6.45) is 2.25. The molecule has 114 valence electrons. The fourth-order valence-electron chi connectivity index (χ4n) is 2.58. The number of hydrogen-bond acceptors (Lipinski definition) is 4. The molecule has 1 fully saturated rings. The maximum atomic E-state index is 12.3. The smallest absolute Gasteiger partial charge is 0.226 e. The number of nitrogens with zero attached hydrogens (tertiary/aromatic N) is 2. The highest BCUT2D eigenvalue weighted by Crippen LogP contribution is 2.17. The molecule has 0 aromatic heterocycles. The van der Waals surface area contributed by atoms with Crippen molar-refractivity contribution in [3.8, 4) is 0 Å². The minimum Gasteiger partial charge on any atom is -0.409 e. The van der Waals surface area contributed by atoms with Gasteiger partial charge in [-0.1, -0.05) is 29.4 Å². The van der Waals surface area contributed by atoms with Crippen LogP contribution in [0.5, 0.6) is 0 Å². The van der Waals surface area contributed by atoms with Gasteiger partial charge in [-0.3, -0.25) is 4.79 Å². The monoisotopic (exact) mass is 291 g/mol. The Morgan fingerprint density at radius 1 is 1.38 bits per heavy atom. The molecule has 1 saturated heterocycles. The minimum absolute atomic E-state index is 0.0506. The first-order valence-electron chi connectivity index (χ1n) is 7.09. The van der Waals surface area contributed by atoms with Gasteiger partial charge in [-0.25, -0.2) is 0 Å². The molecule has 0 bridgehead atoms. The van der Waals surface area contributed by atoms with Crippen LogP contribution in [0.3, 0.4) is 0 Å². The first-order valence-corrected chi connectivity index (χ1v) is 7.09. The molecule has 0 radical (unpaired) electrons. The molecule has 2 rings (SSSR count). The molecule has 1 unspecified atom stereocenters. The summed E-state index contributed by atoms with van der Waals surface area (Å²) in [6, 6.07) is 7.06. The number of piperidine rings is 1. The van der Waals surface area contributed by atoms with Gasteiger partial charge >= 0.3 is 0 Å². The van der Waals surface area contributed by atoms with Crippen molar-refractivity contribution in [1.29, 1.82) is 0 Å². The lowest BCUT2D eigenvalue weighted by Gasteiger charge is -2.32. The van der Waals surface area contributed by atoms with Crippen LogP contribution >= 0.6 is 0 Å². The second-order valence-corrected chi connectivity index (χ2v) is 5.39. The standard InChI is InChI=1S/C15H21N3O3/c16-15(17-21)13-5-3-11(4-6-13)8-14(20)18-7-1-2-12(9-18)10-19/h3-6,12,19,21H,1-2,7-10H2,(H2,16,17). The molecular weight excluding hydrogens is 270 g/mol. The molecule has 0 spiro atoms. The molecule has 1 amide bonds. The number of amidine groups is 1. The summed E-state index contributed by atoms with van der Waals surface area (Å²) in [5.41, 5.74) is 7.00. The molecule has 0 saturated carbocycles. The van der Waals surface area contributed by atoms with E-state index in [-0.39, 0.29) is 24.3 Å². The highest BCUT2D eigenvalue weighted by molar-refractivity contribution is 5.97. The fourth-order valence-corrected chi connectivity index (χ4v) is 2.58. The van der Waals surface area contributed by atoms with E-state index in [2.05, 4.69) is 5.16 Å². The zero-order chi connectivity index (χ0) is 15.2. The lowest BCUT2D eigenvalue weighted by atomic mass is 9.98. The number of aliphatic hydroxyl groups is 1. The molecule has 6 heteroatoms. The van der Waals surface area contributed by atoms with E-state index in [1.54, 1.807) is 24.3 Å². The predicted molar refractivity (Wildman–Crippen MR) is 79.0 cm³/mol. The summed E-state index contributed by atoms with van der Waals surface area (Å²) in [5.74, 6) is 0.324. The van der Waals surface area contributed by atoms with Crippen LogP contribution in [-0.2, 0) is 11.2 Å². The molecule has 1 atom stereocenters. The maximum Gasteiger partial charge on any atom is 0.226 e.